The molecule has 1 fully saturated rings. The van der Waals surface area contributed by atoms with Crippen molar-refractivity contribution in [2.45, 2.75) is 46.1 Å². The van der Waals surface area contributed by atoms with E-state index in [0.717, 1.165) is 67.8 Å². The monoisotopic (exact) mass is 384 g/mol. The van der Waals surface area contributed by atoms with E-state index >= 15 is 0 Å². The third kappa shape index (κ3) is 3.68. The number of amidine groups is 1. The van der Waals surface area contributed by atoms with Gasteiger partial charge in [0.1, 0.15) is 17.4 Å². The van der Waals surface area contributed by atoms with E-state index in [1.54, 1.807) is 0 Å². The molecule has 8 heteroatoms. The summed E-state index contributed by atoms with van der Waals surface area (Å²) >= 11 is 0. The first kappa shape index (κ1) is 18.7. The number of nitrogens with zero attached hydrogens (tertiary/aromatic N) is 6. The second-order valence-electron chi connectivity index (χ2n) is 7.62. The van der Waals surface area contributed by atoms with Crippen LogP contribution in [0.3, 0.4) is 0 Å². The number of hydrogen-bond donors (Lipinski definition) is 0. The number of carbonyl (C=O) groups is 1. The lowest BCUT2D eigenvalue weighted by Gasteiger charge is -2.37. The Kier molecular flexibility index (Phi) is 5.19. The molecular formula is C20H28N6O2. The van der Waals surface area contributed by atoms with E-state index in [1.807, 2.05) is 25.1 Å². The van der Waals surface area contributed by atoms with Crippen molar-refractivity contribution in [3.05, 3.63) is 28.9 Å². The number of carbonyl (C=O) groups excluding carboxylic acids is 1. The van der Waals surface area contributed by atoms with Crippen LogP contribution in [0.25, 0.3) is 0 Å². The molecule has 0 aliphatic carbocycles. The standard InChI is InChI=1S/C20H28N6O2/c1-4-16-12-26-13-21-18(11-19(26)22-16)24-7-9-25(10-8-24)20(27)6-5-17-14(2)23-28-15(17)3/h11,13,16H,4-10,12H2,1-3H3/t16-/m1/s1. The third-order valence-electron chi connectivity index (χ3n) is 5.80. The normalized spacial score (nSPS) is 21.7. The minimum atomic E-state index is 0.193. The van der Waals surface area contributed by atoms with E-state index in [9.17, 15) is 4.79 Å². The number of fused-ring (bicyclic) bond motifs is 1. The summed E-state index contributed by atoms with van der Waals surface area (Å²) in [6.07, 6.45) is 6.19. The Hall–Kier alpha value is -2.64. The van der Waals surface area contributed by atoms with Gasteiger partial charge in [-0.25, -0.2) is 4.99 Å². The van der Waals surface area contributed by atoms with Crippen molar-refractivity contribution in [3.63, 3.8) is 0 Å². The molecule has 0 saturated carbocycles. The predicted octanol–water partition coefficient (Wildman–Crippen LogP) is 1.74. The third-order valence-corrected chi connectivity index (χ3v) is 5.80. The number of piperazine rings is 1. The fourth-order valence-corrected chi connectivity index (χ4v) is 3.96. The van der Waals surface area contributed by atoms with E-state index in [1.165, 1.54) is 0 Å². The number of aryl methyl sites for hydroxylation is 2. The van der Waals surface area contributed by atoms with Crippen molar-refractivity contribution in [3.8, 4) is 0 Å². The van der Waals surface area contributed by atoms with E-state index in [-0.39, 0.29) is 5.91 Å². The SMILES string of the molecule is CC[C@@H]1CN2C=NC(N3CCN(C(=O)CCc4c(C)noc4C)CC3)=CC2=N1. The molecule has 4 rings (SSSR count). The van der Waals surface area contributed by atoms with Crippen molar-refractivity contribution in [2.75, 3.05) is 32.7 Å². The summed E-state index contributed by atoms with van der Waals surface area (Å²) in [5, 5.41) is 3.96. The number of rotatable bonds is 5. The molecule has 3 aliphatic heterocycles. The quantitative estimate of drug-likeness (QED) is 0.773. The van der Waals surface area contributed by atoms with E-state index in [2.05, 4.69) is 32.9 Å². The second kappa shape index (κ2) is 7.77. The first-order valence-corrected chi connectivity index (χ1v) is 10.1. The maximum Gasteiger partial charge on any atom is 0.223 e. The summed E-state index contributed by atoms with van der Waals surface area (Å²) in [7, 11) is 0. The molecule has 0 aromatic carbocycles. The van der Waals surface area contributed by atoms with Crippen LogP contribution >= 0.6 is 0 Å². The summed E-state index contributed by atoms with van der Waals surface area (Å²) in [5.41, 5.74) is 1.94. The Bertz CT molecular complexity index is 812. The molecule has 1 saturated heterocycles. The molecule has 28 heavy (non-hydrogen) atoms. The molecule has 0 bridgehead atoms. The Balaban J connectivity index is 1.30. The van der Waals surface area contributed by atoms with Crippen LogP contribution < -0.4 is 0 Å². The minimum Gasteiger partial charge on any atom is -0.361 e. The Labute approximate surface area is 165 Å². The zero-order valence-corrected chi connectivity index (χ0v) is 16.9. The van der Waals surface area contributed by atoms with Crippen molar-refractivity contribution in [2.24, 2.45) is 9.98 Å². The molecule has 0 N–H and O–H groups in total. The molecule has 1 aromatic heterocycles. The maximum atomic E-state index is 12.6. The van der Waals surface area contributed by atoms with Crippen molar-refractivity contribution < 1.29 is 9.32 Å². The number of aromatic nitrogens is 1. The van der Waals surface area contributed by atoms with Crippen molar-refractivity contribution in [1.29, 1.82) is 0 Å². The average molecular weight is 384 g/mol. The van der Waals surface area contributed by atoms with Gasteiger partial charge in [-0.2, -0.15) is 0 Å². The molecular weight excluding hydrogens is 356 g/mol. The van der Waals surface area contributed by atoms with Gasteiger partial charge in [-0.05, 0) is 26.7 Å². The van der Waals surface area contributed by atoms with E-state index < -0.39 is 0 Å². The molecule has 0 unspecified atom stereocenters. The molecule has 1 amide bonds. The highest BCUT2D eigenvalue weighted by molar-refractivity contribution is 6.03. The largest absolute Gasteiger partial charge is 0.361 e. The van der Waals surface area contributed by atoms with Crippen LogP contribution in [0.2, 0.25) is 0 Å². The maximum absolute atomic E-state index is 12.6. The van der Waals surface area contributed by atoms with Gasteiger partial charge in [-0.1, -0.05) is 12.1 Å². The Morgan fingerprint density at radius 3 is 2.71 bits per heavy atom. The molecule has 3 aliphatic rings. The van der Waals surface area contributed by atoms with Gasteiger partial charge in [0.25, 0.3) is 0 Å². The molecule has 0 radical (unpaired) electrons. The van der Waals surface area contributed by atoms with Crippen LogP contribution in [0.5, 0.6) is 0 Å². The smallest absolute Gasteiger partial charge is 0.223 e. The lowest BCUT2D eigenvalue weighted by atomic mass is 10.1. The molecule has 1 aromatic rings. The first-order chi connectivity index (χ1) is 13.5. The van der Waals surface area contributed by atoms with Gasteiger partial charge < -0.3 is 19.2 Å². The number of hydrogen-bond acceptors (Lipinski definition) is 7. The summed E-state index contributed by atoms with van der Waals surface area (Å²) in [6, 6.07) is 0.365. The van der Waals surface area contributed by atoms with Crippen LogP contribution in [0.15, 0.2) is 26.4 Å². The highest BCUT2D eigenvalue weighted by atomic mass is 16.5. The highest BCUT2D eigenvalue weighted by Gasteiger charge is 2.28. The number of amides is 1. The van der Waals surface area contributed by atoms with Gasteiger partial charge in [0.05, 0.1) is 18.1 Å². The lowest BCUT2D eigenvalue weighted by molar-refractivity contribution is -0.132. The second-order valence-corrected chi connectivity index (χ2v) is 7.62. The van der Waals surface area contributed by atoms with Gasteiger partial charge in [0.15, 0.2) is 0 Å². The lowest BCUT2D eigenvalue weighted by Crippen LogP contribution is -2.48. The van der Waals surface area contributed by atoms with Gasteiger partial charge >= 0.3 is 0 Å². The van der Waals surface area contributed by atoms with Crippen molar-refractivity contribution >= 4 is 18.1 Å². The van der Waals surface area contributed by atoms with Gasteiger partial charge in [0, 0.05) is 50.8 Å². The number of aliphatic imine (C=N–C) groups is 2. The van der Waals surface area contributed by atoms with Crippen LogP contribution in [0.4, 0.5) is 0 Å². The van der Waals surface area contributed by atoms with Crippen molar-refractivity contribution in [1.82, 2.24) is 19.9 Å². The Morgan fingerprint density at radius 1 is 1.25 bits per heavy atom. The summed E-state index contributed by atoms with van der Waals surface area (Å²) in [4.78, 5) is 28.3. The van der Waals surface area contributed by atoms with Gasteiger partial charge in [0.2, 0.25) is 5.91 Å². The average Bonchev–Trinajstić information content (AvgIpc) is 3.28. The minimum absolute atomic E-state index is 0.193. The predicted molar refractivity (Wildman–Crippen MR) is 107 cm³/mol. The van der Waals surface area contributed by atoms with Gasteiger partial charge in [-0.15, -0.1) is 0 Å². The summed E-state index contributed by atoms with van der Waals surface area (Å²) in [5.74, 6) is 2.97. The molecule has 4 heterocycles. The topological polar surface area (TPSA) is 77.5 Å². The highest BCUT2D eigenvalue weighted by Crippen LogP contribution is 2.20. The fraction of sp³-hybridized carbons (Fsp3) is 0.600. The zero-order chi connectivity index (χ0) is 19.7. The molecule has 150 valence electrons. The Morgan fingerprint density at radius 2 is 2.04 bits per heavy atom. The van der Waals surface area contributed by atoms with Crippen LogP contribution in [0.1, 0.15) is 36.8 Å². The fourth-order valence-electron chi connectivity index (χ4n) is 3.96. The first-order valence-electron chi connectivity index (χ1n) is 10.1. The van der Waals surface area contributed by atoms with E-state index in [0.29, 0.717) is 18.9 Å². The van der Waals surface area contributed by atoms with Crippen LogP contribution in [0, 0.1) is 13.8 Å². The summed E-state index contributed by atoms with van der Waals surface area (Å²) in [6.45, 7) is 9.95. The van der Waals surface area contributed by atoms with E-state index in [4.69, 9.17) is 9.52 Å². The van der Waals surface area contributed by atoms with Crippen LogP contribution in [-0.2, 0) is 11.2 Å². The molecule has 8 nitrogen and oxygen atoms in total. The van der Waals surface area contributed by atoms with Gasteiger partial charge in [-0.3, -0.25) is 9.79 Å². The zero-order valence-electron chi connectivity index (χ0n) is 16.9. The molecule has 1 atom stereocenters. The van der Waals surface area contributed by atoms with Crippen LogP contribution in [-0.4, -0.2) is 76.7 Å². The summed E-state index contributed by atoms with van der Waals surface area (Å²) < 4.78 is 5.18. The molecule has 0 spiro atoms.